The number of aromatic hydroxyl groups is 1. The monoisotopic (exact) mass is 289 g/mol. The van der Waals surface area contributed by atoms with E-state index in [-0.39, 0.29) is 24.6 Å². The summed E-state index contributed by atoms with van der Waals surface area (Å²) >= 11 is 0. The first kappa shape index (κ1) is 13.8. The summed E-state index contributed by atoms with van der Waals surface area (Å²) in [6, 6.07) is 5.95. The normalized spacial score (nSPS) is 28.0. The molecule has 0 radical (unpaired) electrons. The van der Waals surface area contributed by atoms with Gasteiger partial charge in [0, 0.05) is 13.0 Å². The van der Waals surface area contributed by atoms with E-state index in [1.165, 1.54) is 4.90 Å². The van der Waals surface area contributed by atoms with Gasteiger partial charge in [-0.2, -0.15) is 5.26 Å². The van der Waals surface area contributed by atoms with Gasteiger partial charge in [-0.1, -0.05) is 6.07 Å². The second kappa shape index (κ2) is 5.34. The number of halogens is 1. The maximum Gasteiger partial charge on any atom is 0.241 e. The highest BCUT2D eigenvalue weighted by Crippen LogP contribution is 2.25. The molecule has 110 valence electrons. The van der Waals surface area contributed by atoms with E-state index in [0.717, 1.165) is 11.1 Å². The van der Waals surface area contributed by atoms with Crippen LogP contribution < -0.4 is 5.32 Å². The van der Waals surface area contributed by atoms with Crippen LogP contribution in [0.3, 0.4) is 0 Å². The molecule has 2 aliphatic rings. The van der Waals surface area contributed by atoms with Crippen LogP contribution in [0, 0.1) is 11.3 Å². The average Bonchev–Trinajstić information content (AvgIpc) is 2.87. The predicted octanol–water partition coefficient (Wildman–Crippen LogP) is 0.869. The summed E-state index contributed by atoms with van der Waals surface area (Å²) in [5.74, 6) is -0.0230. The van der Waals surface area contributed by atoms with E-state index in [1.807, 2.05) is 6.07 Å². The quantitative estimate of drug-likeness (QED) is 0.804. The fourth-order valence-electron chi connectivity index (χ4n) is 3.03. The molecule has 1 amide bonds. The lowest BCUT2D eigenvalue weighted by molar-refractivity contribution is -0.133. The maximum atomic E-state index is 13.4. The molecule has 3 atom stereocenters. The Labute approximate surface area is 122 Å². The molecular weight excluding hydrogens is 273 g/mol. The fourth-order valence-corrected chi connectivity index (χ4v) is 3.03. The van der Waals surface area contributed by atoms with Crippen LogP contribution in [0.2, 0.25) is 0 Å². The van der Waals surface area contributed by atoms with Crippen molar-refractivity contribution in [3.8, 4) is 11.8 Å². The van der Waals surface area contributed by atoms with Gasteiger partial charge in [-0.25, -0.2) is 4.39 Å². The number of alkyl halides is 1. The van der Waals surface area contributed by atoms with Crippen molar-refractivity contribution in [3.05, 3.63) is 29.3 Å². The van der Waals surface area contributed by atoms with Crippen molar-refractivity contribution in [2.24, 2.45) is 0 Å². The minimum atomic E-state index is -1.12. The van der Waals surface area contributed by atoms with Crippen molar-refractivity contribution < 1.29 is 14.3 Å². The molecule has 0 spiro atoms. The van der Waals surface area contributed by atoms with Crippen LogP contribution in [0.15, 0.2) is 18.2 Å². The first-order valence-electron chi connectivity index (χ1n) is 6.97. The molecule has 2 heterocycles. The number of phenols is 1. The summed E-state index contributed by atoms with van der Waals surface area (Å²) < 4.78 is 13.4. The van der Waals surface area contributed by atoms with E-state index in [1.54, 1.807) is 18.2 Å². The van der Waals surface area contributed by atoms with Gasteiger partial charge in [-0.15, -0.1) is 0 Å². The Morgan fingerprint density at radius 1 is 1.48 bits per heavy atom. The minimum Gasteiger partial charge on any atom is -0.508 e. The van der Waals surface area contributed by atoms with E-state index in [0.29, 0.717) is 13.0 Å². The van der Waals surface area contributed by atoms with Gasteiger partial charge in [0.1, 0.15) is 18.0 Å². The number of carbonyl (C=O) groups excluding carboxylic acids is 1. The zero-order valence-corrected chi connectivity index (χ0v) is 11.4. The van der Waals surface area contributed by atoms with Crippen molar-refractivity contribution in [2.75, 3.05) is 6.54 Å². The van der Waals surface area contributed by atoms with Crippen molar-refractivity contribution >= 4 is 5.91 Å². The predicted molar refractivity (Wildman–Crippen MR) is 73.1 cm³/mol. The van der Waals surface area contributed by atoms with Crippen LogP contribution in [0.25, 0.3) is 0 Å². The van der Waals surface area contributed by atoms with Crippen LogP contribution in [0.5, 0.6) is 5.75 Å². The lowest BCUT2D eigenvalue weighted by Gasteiger charge is -2.30. The number of nitrogens with zero attached hydrogens (tertiary/aromatic N) is 2. The highest BCUT2D eigenvalue weighted by atomic mass is 19.1. The molecule has 0 aromatic heterocycles. The van der Waals surface area contributed by atoms with E-state index in [9.17, 15) is 14.3 Å². The zero-order valence-electron chi connectivity index (χ0n) is 11.4. The molecule has 5 nitrogen and oxygen atoms in total. The Morgan fingerprint density at radius 3 is 3.05 bits per heavy atom. The molecule has 0 bridgehead atoms. The van der Waals surface area contributed by atoms with Crippen LogP contribution in [0.1, 0.15) is 17.5 Å². The molecule has 0 unspecified atom stereocenters. The molecule has 1 aromatic carbocycles. The first-order valence-corrected chi connectivity index (χ1v) is 6.97. The molecule has 0 aliphatic carbocycles. The van der Waals surface area contributed by atoms with E-state index < -0.39 is 18.3 Å². The SMILES string of the molecule is N#C[C@@H]1C[C@H](F)CN1C(=O)[C@@H]1Cc2ccc(O)cc2CN1. The van der Waals surface area contributed by atoms with Crippen LogP contribution >= 0.6 is 0 Å². The highest BCUT2D eigenvalue weighted by molar-refractivity contribution is 5.83. The third-order valence-electron chi connectivity index (χ3n) is 4.13. The molecule has 1 saturated heterocycles. The second-order valence-electron chi connectivity index (χ2n) is 5.56. The number of nitrogens with one attached hydrogen (secondary N) is 1. The number of phenolic OH excluding ortho intramolecular Hbond substituents is 1. The summed E-state index contributed by atoms with van der Waals surface area (Å²) in [5, 5.41) is 21.6. The number of rotatable bonds is 1. The van der Waals surface area contributed by atoms with Gasteiger partial charge < -0.3 is 15.3 Å². The number of fused-ring (bicyclic) bond motifs is 1. The molecular formula is C15H16FN3O2. The van der Waals surface area contributed by atoms with E-state index in [4.69, 9.17) is 5.26 Å². The molecule has 3 rings (SSSR count). The smallest absolute Gasteiger partial charge is 0.241 e. The van der Waals surface area contributed by atoms with E-state index >= 15 is 0 Å². The number of nitriles is 1. The Morgan fingerprint density at radius 2 is 2.29 bits per heavy atom. The Balaban J connectivity index is 1.75. The number of hydrogen-bond donors (Lipinski definition) is 2. The molecule has 21 heavy (non-hydrogen) atoms. The number of likely N-dealkylation sites (tertiary alicyclic amines) is 1. The summed E-state index contributed by atoms with van der Waals surface area (Å²) in [5.41, 5.74) is 1.95. The van der Waals surface area contributed by atoms with Crippen LogP contribution in [0.4, 0.5) is 4.39 Å². The maximum absolute atomic E-state index is 13.4. The standard InChI is InChI=1S/C15H16FN3O2/c16-11-5-12(6-17)19(8-11)15(21)14-4-9-1-2-13(20)3-10(9)7-18-14/h1-3,11-12,14,18,20H,4-5,7-8H2/t11-,12-,14-/m0/s1. The summed E-state index contributed by atoms with van der Waals surface area (Å²) in [6.45, 7) is 0.474. The zero-order chi connectivity index (χ0) is 15.0. The van der Waals surface area contributed by atoms with Crippen molar-refractivity contribution in [1.82, 2.24) is 10.2 Å². The van der Waals surface area contributed by atoms with Gasteiger partial charge in [0.2, 0.25) is 5.91 Å². The number of carbonyl (C=O) groups is 1. The topological polar surface area (TPSA) is 76.4 Å². The van der Waals surface area contributed by atoms with Gasteiger partial charge in [0.05, 0.1) is 18.7 Å². The molecule has 6 heteroatoms. The Kier molecular flexibility index (Phi) is 3.52. The van der Waals surface area contributed by atoms with Gasteiger partial charge in [0.15, 0.2) is 0 Å². The minimum absolute atomic E-state index is 0.00231. The number of hydrogen-bond acceptors (Lipinski definition) is 4. The number of benzene rings is 1. The van der Waals surface area contributed by atoms with Gasteiger partial charge >= 0.3 is 0 Å². The third kappa shape index (κ3) is 2.57. The summed E-state index contributed by atoms with van der Waals surface area (Å²) in [7, 11) is 0. The van der Waals surface area contributed by atoms with Crippen molar-refractivity contribution in [2.45, 2.75) is 37.6 Å². The van der Waals surface area contributed by atoms with Crippen LogP contribution in [-0.4, -0.2) is 40.7 Å². The highest BCUT2D eigenvalue weighted by Gasteiger charge is 2.39. The first-order chi connectivity index (χ1) is 10.1. The fraction of sp³-hybridized carbons (Fsp3) is 0.467. The second-order valence-corrected chi connectivity index (χ2v) is 5.56. The lowest BCUT2D eigenvalue weighted by Crippen LogP contribution is -2.50. The molecule has 2 aliphatic heterocycles. The largest absolute Gasteiger partial charge is 0.508 e. The molecule has 1 aromatic rings. The summed E-state index contributed by atoms with van der Waals surface area (Å²) in [4.78, 5) is 13.8. The van der Waals surface area contributed by atoms with Gasteiger partial charge in [0.25, 0.3) is 0 Å². The Hall–Kier alpha value is -2.13. The number of amides is 1. The third-order valence-corrected chi connectivity index (χ3v) is 4.13. The lowest BCUT2D eigenvalue weighted by atomic mass is 9.95. The van der Waals surface area contributed by atoms with Crippen molar-refractivity contribution in [3.63, 3.8) is 0 Å². The summed E-state index contributed by atoms with van der Waals surface area (Å²) in [6.07, 6.45) is -0.536. The van der Waals surface area contributed by atoms with Gasteiger partial charge in [-0.3, -0.25) is 4.79 Å². The molecule has 2 N–H and O–H groups in total. The molecule has 1 fully saturated rings. The Bertz CT molecular complexity index is 613. The molecule has 0 saturated carbocycles. The van der Waals surface area contributed by atoms with Crippen molar-refractivity contribution in [1.29, 1.82) is 5.26 Å². The average molecular weight is 289 g/mol. The van der Waals surface area contributed by atoms with Gasteiger partial charge in [-0.05, 0) is 29.7 Å². The van der Waals surface area contributed by atoms with Crippen LogP contribution in [-0.2, 0) is 17.8 Å². The van der Waals surface area contributed by atoms with E-state index in [2.05, 4.69) is 5.32 Å².